The van der Waals surface area contributed by atoms with Gasteiger partial charge in [0.05, 0.1) is 5.56 Å². The average molecular weight is 490 g/mol. The zero-order valence-electron chi connectivity index (χ0n) is 20.5. The number of hydrogen-bond acceptors (Lipinski definition) is 5. The van der Waals surface area contributed by atoms with Crippen molar-refractivity contribution in [3.8, 4) is 22.6 Å². The van der Waals surface area contributed by atoms with E-state index in [9.17, 15) is 14.0 Å². The minimum absolute atomic E-state index is 0.0367. The third-order valence-electron chi connectivity index (χ3n) is 6.93. The van der Waals surface area contributed by atoms with Gasteiger partial charge in [0.15, 0.2) is 0 Å². The molecular weight excluding hydrogens is 461 g/mol. The number of nitrogens with one attached hydrogen (secondary N) is 2. The van der Waals surface area contributed by atoms with Crippen molar-refractivity contribution < 1.29 is 18.4 Å². The van der Waals surface area contributed by atoms with Crippen LogP contribution in [-0.2, 0) is 4.79 Å². The molecule has 2 amide bonds. The lowest BCUT2D eigenvalue weighted by Gasteiger charge is -2.25. The van der Waals surface area contributed by atoms with Gasteiger partial charge in [-0.3, -0.25) is 9.59 Å². The predicted molar refractivity (Wildman–Crippen MR) is 134 cm³/mol. The lowest BCUT2D eigenvalue weighted by Crippen LogP contribution is -2.38. The average Bonchev–Trinajstić information content (AvgIpc) is 3.62. The number of aromatic amines is 1. The van der Waals surface area contributed by atoms with Gasteiger partial charge in [0.25, 0.3) is 5.91 Å². The Balaban J connectivity index is 1.35. The van der Waals surface area contributed by atoms with Crippen LogP contribution >= 0.6 is 0 Å². The Labute approximate surface area is 207 Å². The van der Waals surface area contributed by atoms with E-state index in [1.165, 1.54) is 6.07 Å². The molecule has 2 atom stereocenters. The summed E-state index contributed by atoms with van der Waals surface area (Å²) < 4.78 is 20.5. The van der Waals surface area contributed by atoms with E-state index in [4.69, 9.17) is 4.42 Å². The topological polar surface area (TPSA) is 104 Å². The number of fused-ring (bicyclic) bond motifs is 1. The number of halogens is 1. The van der Waals surface area contributed by atoms with Crippen LogP contribution in [-0.4, -0.2) is 51.0 Å². The molecule has 0 unspecified atom stereocenters. The second-order valence-electron chi connectivity index (χ2n) is 9.28. The van der Waals surface area contributed by atoms with Gasteiger partial charge in [0, 0.05) is 60.7 Å². The first-order valence-electron chi connectivity index (χ1n) is 12.1. The summed E-state index contributed by atoms with van der Waals surface area (Å²) in [6, 6.07) is 10.3. The smallest absolute Gasteiger partial charge is 0.253 e. The second kappa shape index (κ2) is 9.56. The maximum atomic E-state index is 15.0. The molecule has 9 heteroatoms. The summed E-state index contributed by atoms with van der Waals surface area (Å²) >= 11 is 0. The highest BCUT2D eigenvalue weighted by Gasteiger charge is 2.31. The minimum Gasteiger partial charge on any atom is -0.421 e. The van der Waals surface area contributed by atoms with Crippen LogP contribution in [0.4, 0.5) is 4.39 Å². The van der Waals surface area contributed by atoms with E-state index in [1.54, 1.807) is 55.4 Å². The van der Waals surface area contributed by atoms with Crippen molar-refractivity contribution in [1.29, 1.82) is 0 Å². The van der Waals surface area contributed by atoms with Crippen molar-refractivity contribution in [3.05, 3.63) is 59.9 Å². The maximum Gasteiger partial charge on any atom is 0.253 e. The molecular formula is C27H28FN5O3. The quantitative estimate of drug-likeness (QED) is 0.403. The molecule has 2 N–H and O–H groups in total. The normalized spacial score (nSPS) is 17.4. The maximum absolute atomic E-state index is 15.0. The van der Waals surface area contributed by atoms with E-state index < -0.39 is 0 Å². The summed E-state index contributed by atoms with van der Waals surface area (Å²) in [4.78, 5) is 29.6. The van der Waals surface area contributed by atoms with Crippen LogP contribution in [0.1, 0.15) is 48.9 Å². The van der Waals surface area contributed by atoms with Gasteiger partial charge in [-0.2, -0.15) is 0 Å². The molecule has 8 nitrogen and oxygen atoms in total. The van der Waals surface area contributed by atoms with Gasteiger partial charge >= 0.3 is 0 Å². The highest BCUT2D eigenvalue weighted by Crippen LogP contribution is 2.34. The van der Waals surface area contributed by atoms with E-state index in [0.29, 0.717) is 46.0 Å². The monoisotopic (exact) mass is 489 g/mol. The Kier molecular flexibility index (Phi) is 6.30. The van der Waals surface area contributed by atoms with Crippen molar-refractivity contribution >= 4 is 22.7 Å². The largest absolute Gasteiger partial charge is 0.421 e. The molecule has 0 bridgehead atoms. The van der Waals surface area contributed by atoms with Gasteiger partial charge < -0.3 is 19.6 Å². The molecule has 1 aliphatic rings. The van der Waals surface area contributed by atoms with Crippen LogP contribution in [0, 0.1) is 12.7 Å². The Morgan fingerprint density at radius 2 is 1.94 bits per heavy atom. The third-order valence-corrected chi connectivity index (χ3v) is 6.93. The van der Waals surface area contributed by atoms with Gasteiger partial charge in [0.2, 0.25) is 17.7 Å². The molecule has 186 valence electrons. The van der Waals surface area contributed by atoms with Crippen molar-refractivity contribution in [1.82, 2.24) is 25.4 Å². The van der Waals surface area contributed by atoms with Gasteiger partial charge in [-0.1, -0.05) is 19.1 Å². The lowest BCUT2D eigenvalue weighted by atomic mass is 10.00. The summed E-state index contributed by atoms with van der Waals surface area (Å²) in [6.07, 6.45) is 4.63. The molecule has 0 aliphatic heterocycles. The number of aryl methyl sites for hydroxylation is 1. The third kappa shape index (κ3) is 4.48. The minimum atomic E-state index is -0.375. The summed E-state index contributed by atoms with van der Waals surface area (Å²) in [6.45, 7) is 3.54. The van der Waals surface area contributed by atoms with Crippen LogP contribution in [0.2, 0.25) is 0 Å². The van der Waals surface area contributed by atoms with Crippen LogP contribution in [0.3, 0.4) is 0 Å². The fourth-order valence-electron chi connectivity index (χ4n) is 4.88. The summed E-state index contributed by atoms with van der Waals surface area (Å²) in [5, 5.41) is 11.7. The fourth-order valence-corrected chi connectivity index (χ4v) is 4.88. The van der Waals surface area contributed by atoms with Crippen LogP contribution in [0.25, 0.3) is 33.5 Å². The van der Waals surface area contributed by atoms with Crippen molar-refractivity contribution in [2.75, 3.05) is 7.05 Å². The molecule has 1 aliphatic carbocycles. The number of nitrogens with zero attached hydrogens (tertiary/aromatic N) is 3. The van der Waals surface area contributed by atoms with Crippen molar-refractivity contribution in [2.45, 2.75) is 51.6 Å². The van der Waals surface area contributed by atoms with E-state index >= 15 is 0 Å². The molecule has 0 saturated heterocycles. The van der Waals surface area contributed by atoms with Crippen LogP contribution < -0.4 is 5.32 Å². The number of rotatable bonds is 6. The molecule has 2 aromatic heterocycles. The van der Waals surface area contributed by atoms with Crippen LogP contribution in [0.15, 0.2) is 47.0 Å². The van der Waals surface area contributed by atoms with Crippen molar-refractivity contribution in [2.24, 2.45) is 0 Å². The lowest BCUT2D eigenvalue weighted by molar-refractivity contribution is -0.121. The van der Waals surface area contributed by atoms with E-state index in [1.807, 2.05) is 6.92 Å². The molecule has 4 aromatic rings. The van der Waals surface area contributed by atoms with E-state index in [-0.39, 0.29) is 29.7 Å². The first-order valence-corrected chi connectivity index (χ1v) is 12.1. The van der Waals surface area contributed by atoms with Gasteiger partial charge in [0.1, 0.15) is 5.82 Å². The van der Waals surface area contributed by atoms with E-state index in [0.717, 1.165) is 24.6 Å². The standard InChI is InChI=1S/C27H28FN5O3/c1-4-25(34)30-18-9-10-19(11-18)33(3)27(35)17-7-5-16(6-8-17)20-12-21-22(26-32-31-15(2)36-26)14-29-24(21)13-23(20)28/h5-8,12-14,18-19,29H,4,9-11H2,1-3H3,(H,30,34)/t18-,19+/m0/s1. The number of amides is 2. The van der Waals surface area contributed by atoms with Crippen LogP contribution in [0.5, 0.6) is 0 Å². The van der Waals surface area contributed by atoms with Gasteiger partial charge in [-0.05, 0) is 49.1 Å². The zero-order chi connectivity index (χ0) is 25.4. The van der Waals surface area contributed by atoms with Crippen molar-refractivity contribution in [3.63, 3.8) is 0 Å². The Bertz CT molecular complexity index is 1430. The summed E-state index contributed by atoms with van der Waals surface area (Å²) in [5.41, 5.74) is 2.93. The predicted octanol–water partition coefficient (Wildman–Crippen LogP) is 4.85. The number of benzene rings is 2. The summed E-state index contributed by atoms with van der Waals surface area (Å²) in [7, 11) is 1.80. The Morgan fingerprint density at radius 3 is 2.64 bits per heavy atom. The van der Waals surface area contributed by atoms with Gasteiger partial charge in [-0.25, -0.2) is 4.39 Å². The molecule has 1 saturated carbocycles. The molecule has 2 heterocycles. The fraction of sp³-hybridized carbons (Fsp3) is 0.333. The molecule has 0 radical (unpaired) electrons. The summed E-state index contributed by atoms with van der Waals surface area (Å²) in [5.74, 6) is 0.383. The number of carbonyl (C=O) groups excluding carboxylic acids is 2. The second-order valence-corrected chi connectivity index (χ2v) is 9.28. The number of hydrogen-bond donors (Lipinski definition) is 2. The first kappa shape index (κ1) is 23.7. The molecule has 5 rings (SSSR count). The number of H-pyrrole nitrogens is 1. The van der Waals surface area contributed by atoms with Gasteiger partial charge in [-0.15, -0.1) is 10.2 Å². The SMILES string of the molecule is CCC(=O)N[C@H]1CC[C@@H](N(C)C(=O)c2ccc(-c3cc4c(-c5nnc(C)o5)c[nH]c4cc3F)cc2)C1. The highest BCUT2D eigenvalue weighted by molar-refractivity contribution is 5.97. The molecule has 36 heavy (non-hydrogen) atoms. The zero-order valence-corrected chi connectivity index (χ0v) is 20.5. The number of carbonyl (C=O) groups is 2. The van der Waals surface area contributed by atoms with E-state index in [2.05, 4.69) is 20.5 Å². The Morgan fingerprint density at radius 1 is 1.17 bits per heavy atom. The first-order chi connectivity index (χ1) is 17.3. The molecule has 1 fully saturated rings. The molecule has 2 aromatic carbocycles. The highest BCUT2D eigenvalue weighted by atomic mass is 19.1. The number of aromatic nitrogens is 3. The molecule has 0 spiro atoms. The Hall–Kier alpha value is -4.01.